The summed E-state index contributed by atoms with van der Waals surface area (Å²) in [7, 11) is 0. The van der Waals surface area contributed by atoms with Crippen molar-refractivity contribution >= 4 is 49.3 Å². The SMILES string of the molecule is N/C(=N/O)c1ccc(COc2ccc(Br)cc2Br)c(Cl)c1. The largest absolute Gasteiger partial charge is 0.488 e. The molecule has 4 nitrogen and oxygen atoms in total. The lowest BCUT2D eigenvalue weighted by Gasteiger charge is -2.10. The summed E-state index contributed by atoms with van der Waals surface area (Å²) in [6.45, 7) is 0.315. The Bertz CT molecular complexity index is 693. The maximum atomic E-state index is 8.64. The summed E-state index contributed by atoms with van der Waals surface area (Å²) in [5, 5.41) is 12.1. The van der Waals surface area contributed by atoms with Crippen molar-refractivity contribution in [1.29, 1.82) is 0 Å². The number of ether oxygens (including phenoxy) is 1. The van der Waals surface area contributed by atoms with Gasteiger partial charge >= 0.3 is 0 Å². The Balaban J connectivity index is 2.13. The van der Waals surface area contributed by atoms with Gasteiger partial charge in [0.1, 0.15) is 12.4 Å². The highest BCUT2D eigenvalue weighted by Crippen LogP contribution is 2.29. The van der Waals surface area contributed by atoms with Crippen molar-refractivity contribution in [2.75, 3.05) is 0 Å². The van der Waals surface area contributed by atoms with Crippen LogP contribution < -0.4 is 10.5 Å². The van der Waals surface area contributed by atoms with E-state index in [9.17, 15) is 0 Å². The second kappa shape index (κ2) is 7.15. The van der Waals surface area contributed by atoms with Crippen LogP contribution in [0.1, 0.15) is 11.1 Å². The van der Waals surface area contributed by atoms with Gasteiger partial charge in [0.25, 0.3) is 0 Å². The van der Waals surface area contributed by atoms with E-state index in [2.05, 4.69) is 37.0 Å². The van der Waals surface area contributed by atoms with E-state index in [4.69, 9.17) is 27.3 Å². The van der Waals surface area contributed by atoms with Gasteiger partial charge in [0.2, 0.25) is 0 Å². The van der Waals surface area contributed by atoms with Crippen LogP contribution in [0.5, 0.6) is 5.75 Å². The molecule has 0 heterocycles. The molecule has 0 radical (unpaired) electrons. The third-order valence-electron chi connectivity index (χ3n) is 2.73. The Morgan fingerprint density at radius 2 is 2.00 bits per heavy atom. The van der Waals surface area contributed by atoms with Crippen molar-refractivity contribution < 1.29 is 9.94 Å². The number of halogens is 3. The normalized spacial score (nSPS) is 11.5. The number of nitrogens with two attached hydrogens (primary N) is 1. The molecule has 7 heteroatoms. The molecule has 2 aromatic rings. The molecule has 0 saturated carbocycles. The maximum Gasteiger partial charge on any atom is 0.170 e. The van der Waals surface area contributed by atoms with Gasteiger partial charge in [-0.25, -0.2) is 0 Å². The average molecular weight is 435 g/mol. The number of hydrogen-bond donors (Lipinski definition) is 2. The Morgan fingerprint density at radius 3 is 2.62 bits per heavy atom. The van der Waals surface area contributed by atoms with E-state index in [-0.39, 0.29) is 5.84 Å². The van der Waals surface area contributed by atoms with E-state index in [0.717, 1.165) is 20.3 Å². The first-order valence-electron chi connectivity index (χ1n) is 5.85. The smallest absolute Gasteiger partial charge is 0.170 e. The van der Waals surface area contributed by atoms with Crippen molar-refractivity contribution in [3.63, 3.8) is 0 Å². The minimum Gasteiger partial charge on any atom is -0.488 e. The summed E-state index contributed by atoms with van der Waals surface area (Å²) in [5.41, 5.74) is 6.87. The average Bonchev–Trinajstić information content (AvgIpc) is 2.46. The fourth-order valence-corrected chi connectivity index (χ4v) is 3.03. The molecule has 0 fully saturated rings. The second-order valence-corrected chi connectivity index (χ2v) is 6.33. The molecule has 2 aromatic carbocycles. The fraction of sp³-hybridized carbons (Fsp3) is 0.0714. The van der Waals surface area contributed by atoms with Gasteiger partial charge < -0.3 is 15.7 Å². The lowest BCUT2D eigenvalue weighted by molar-refractivity contribution is 0.304. The monoisotopic (exact) mass is 432 g/mol. The van der Waals surface area contributed by atoms with Gasteiger partial charge in [-0.15, -0.1) is 0 Å². The van der Waals surface area contributed by atoms with Gasteiger partial charge in [0.15, 0.2) is 5.84 Å². The molecule has 0 spiro atoms. The zero-order valence-electron chi connectivity index (χ0n) is 10.7. The molecule has 3 N–H and O–H groups in total. The second-order valence-electron chi connectivity index (χ2n) is 4.15. The molecule has 0 atom stereocenters. The number of rotatable bonds is 4. The third-order valence-corrected chi connectivity index (χ3v) is 4.20. The highest BCUT2D eigenvalue weighted by molar-refractivity contribution is 9.11. The third kappa shape index (κ3) is 4.12. The fourth-order valence-electron chi connectivity index (χ4n) is 1.63. The molecular formula is C14H11Br2ClN2O2. The zero-order chi connectivity index (χ0) is 15.4. The molecule has 0 saturated heterocycles. The van der Waals surface area contributed by atoms with E-state index >= 15 is 0 Å². The first kappa shape index (κ1) is 16.1. The van der Waals surface area contributed by atoms with Crippen molar-refractivity contribution in [3.05, 3.63) is 61.5 Å². The first-order chi connectivity index (χ1) is 10.0. The van der Waals surface area contributed by atoms with Crippen LogP contribution in [0.3, 0.4) is 0 Å². The molecule has 0 aromatic heterocycles. The molecule has 0 amide bonds. The minimum atomic E-state index is 0.0139. The van der Waals surface area contributed by atoms with Gasteiger partial charge in [0.05, 0.1) is 4.47 Å². The Labute approximate surface area is 143 Å². The van der Waals surface area contributed by atoms with E-state index in [1.165, 1.54) is 0 Å². The lowest BCUT2D eigenvalue weighted by Crippen LogP contribution is -2.13. The Kier molecular flexibility index (Phi) is 5.50. The van der Waals surface area contributed by atoms with Crippen molar-refractivity contribution in [2.24, 2.45) is 10.9 Å². The number of oxime groups is 1. The summed E-state index contributed by atoms with van der Waals surface area (Å²) in [5.74, 6) is 0.731. The van der Waals surface area contributed by atoms with Crippen LogP contribution in [0.15, 0.2) is 50.5 Å². The van der Waals surface area contributed by atoms with Crippen molar-refractivity contribution in [1.82, 2.24) is 0 Å². The number of hydrogen-bond acceptors (Lipinski definition) is 3. The summed E-state index contributed by atoms with van der Waals surface area (Å²) in [6.07, 6.45) is 0. The number of nitrogens with zero attached hydrogens (tertiary/aromatic N) is 1. The first-order valence-corrected chi connectivity index (χ1v) is 7.82. The molecule has 0 aliphatic carbocycles. The van der Waals surface area contributed by atoms with E-state index in [0.29, 0.717) is 17.2 Å². The number of amidine groups is 1. The predicted octanol–water partition coefficient (Wildman–Crippen LogP) is 4.54. The lowest BCUT2D eigenvalue weighted by atomic mass is 10.1. The van der Waals surface area contributed by atoms with Crippen LogP contribution in [-0.4, -0.2) is 11.0 Å². The van der Waals surface area contributed by atoms with E-state index in [1.807, 2.05) is 18.2 Å². The van der Waals surface area contributed by atoms with Gasteiger partial charge in [-0.3, -0.25) is 0 Å². The summed E-state index contributed by atoms with van der Waals surface area (Å²) >= 11 is 13.0. The molecule has 21 heavy (non-hydrogen) atoms. The van der Waals surface area contributed by atoms with Gasteiger partial charge in [-0.2, -0.15) is 0 Å². The van der Waals surface area contributed by atoms with Crippen LogP contribution in [-0.2, 0) is 6.61 Å². The molecular weight excluding hydrogens is 423 g/mol. The standard InChI is InChI=1S/C14H11Br2ClN2O2/c15-10-3-4-13(11(16)6-10)21-7-9-2-1-8(5-12(9)17)14(18)19-20/h1-6,20H,7H2,(H2,18,19). The topological polar surface area (TPSA) is 67.8 Å². The van der Waals surface area contributed by atoms with Crippen LogP contribution in [0.4, 0.5) is 0 Å². The molecule has 0 unspecified atom stereocenters. The Morgan fingerprint density at radius 1 is 1.24 bits per heavy atom. The molecule has 0 bridgehead atoms. The maximum absolute atomic E-state index is 8.64. The van der Waals surface area contributed by atoms with E-state index < -0.39 is 0 Å². The predicted molar refractivity (Wildman–Crippen MR) is 90.1 cm³/mol. The quantitative estimate of drug-likeness (QED) is 0.321. The van der Waals surface area contributed by atoms with Crippen molar-refractivity contribution in [2.45, 2.75) is 6.61 Å². The molecule has 2 rings (SSSR count). The molecule has 0 aliphatic rings. The van der Waals surface area contributed by atoms with Gasteiger partial charge in [-0.05, 0) is 40.2 Å². The van der Waals surface area contributed by atoms with Crippen LogP contribution in [0.2, 0.25) is 5.02 Å². The molecule has 110 valence electrons. The summed E-state index contributed by atoms with van der Waals surface area (Å²) < 4.78 is 7.53. The minimum absolute atomic E-state index is 0.0139. The van der Waals surface area contributed by atoms with Gasteiger partial charge in [0, 0.05) is 20.6 Å². The summed E-state index contributed by atoms with van der Waals surface area (Å²) in [4.78, 5) is 0. The van der Waals surface area contributed by atoms with Crippen LogP contribution in [0, 0.1) is 0 Å². The Hall–Kier alpha value is -1.24. The van der Waals surface area contributed by atoms with Gasteiger partial charge in [-0.1, -0.05) is 44.8 Å². The molecule has 0 aliphatic heterocycles. The number of benzene rings is 2. The van der Waals surface area contributed by atoms with E-state index in [1.54, 1.807) is 18.2 Å². The zero-order valence-corrected chi connectivity index (χ0v) is 14.6. The highest BCUT2D eigenvalue weighted by Gasteiger charge is 2.07. The van der Waals surface area contributed by atoms with Crippen molar-refractivity contribution in [3.8, 4) is 5.75 Å². The summed E-state index contributed by atoms with van der Waals surface area (Å²) in [6, 6.07) is 10.8. The van der Waals surface area contributed by atoms with Crippen LogP contribution in [0.25, 0.3) is 0 Å². The van der Waals surface area contributed by atoms with Crippen LogP contribution >= 0.6 is 43.5 Å². The highest BCUT2D eigenvalue weighted by atomic mass is 79.9.